The van der Waals surface area contributed by atoms with E-state index in [2.05, 4.69) is 4.90 Å². The summed E-state index contributed by atoms with van der Waals surface area (Å²) in [5.74, 6) is -0.318. The molecule has 1 heterocycles. The first-order chi connectivity index (χ1) is 9.40. The average Bonchev–Trinajstić information content (AvgIpc) is 2.41. The summed E-state index contributed by atoms with van der Waals surface area (Å²) in [6.07, 6.45) is 0. The van der Waals surface area contributed by atoms with E-state index in [1.807, 2.05) is 7.05 Å². The molecular weight excluding hydrogens is 284 g/mol. The van der Waals surface area contributed by atoms with Gasteiger partial charge in [-0.15, -0.1) is 0 Å². The van der Waals surface area contributed by atoms with E-state index in [-0.39, 0.29) is 27.9 Å². The zero-order valence-electron chi connectivity index (χ0n) is 11.0. The zero-order chi connectivity index (χ0) is 14.9. The van der Waals surface area contributed by atoms with E-state index in [1.54, 1.807) is 4.90 Å². The highest BCUT2D eigenvalue weighted by molar-refractivity contribution is 6.34. The molecular formula is C12H15ClN4O3. The van der Waals surface area contributed by atoms with E-state index in [9.17, 15) is 14.9 Å². The van der Waals surface area contributed by atoms with Crippen molar-refractivity contribution in [1.82, 2.24) is 9.80 Å². The first-order valence-electron chi connectivity index (χ1n) is 6.11. The Labute approximate surface area is 121 Å². The van der Waals surface area contributed by atoms with Gasteiger partial charge in [0.05, 0.1) is 21.2 Å². The molecule has 1 saturated heterocycles. The number of hydrogen-bond donors (Lipinski definition) is 1. The Kier molecular flexibility index (Phi) is 4.10. The molecule has 0 aliphatic carbocycles. The molecule has 2 N–H and O–H groups in total. The third-order valence-corrected chi connectivity index (χ3v) is 3.66. The van der Waals surface area contributed by atoms with E-state index < -0.39 is 4.92 Å². The Hall–Kier alpha value is -1.86. The minimum absolute atomic E-state index is 0.0247. The lowest BCUT2D eigenvalue weighted by Gasteiger charge is -2.32. The van der Waals surface area contributed by atoms with Crippen molar-refractivity contribution in [2.45, 2.75) is 0 Å². The van der Waals surface area contributed by atoms with Gasteiger partial charge in [-0.2, -0.15) is 0 Å². The highest BCUT2D eigenvalue weighted by Crippen LogP contribution is 2.29. The van der Waals surface area contributed by atoms with E-state index in [4.69, 9.17) is 17.3 Å². The first-order valence-corrected chi connectivity index (χ1v) is 6.49. The van der Waals surface area contributed by atoms with E-state index in [1.165, 1.54) is 6.07 Å². The molecule has 0 radical (unpaired) electrons. The Morgan fingerprint density at radius 1 is 1.35 bits per heavy atom. The van der Waals surface area contributed by atoms with E-state index >= 15 is 0 Å². The summed E-state index contributed by atoms with van der Waals surface area (Å²) in [5.41, 5.74) is 5.72. The molecule has 20 heavy (non-hydrogen) atoms. The van der Waals surface area contributed by atoms with Crippen LogP contribution < -0.4 is 5.73 Å². The van der Waals surface area contributed by atoms with Crippen LogP contribution in [0.2, 0.25) is 5.02 Å². The zero-order valence-corrected chi connectivity index (χ0v) is 11.8. The van der Waals surface area contributed by atoms with Gasteiger partial charge < -0.3 is 15.5 Å². The topological polar surface area (TPSA) is 92.7 Å². The van der Waals surface area contributed by atoms with Gasteiger partial charge in [0.25, 0.3) is 11.6 Å². The number of nitrogen functional groups attached to an aromatic ring is 1. The minimum atomic E-state index is -0.591. The number of nitro benzene ring substituents is 1. The lowest BCUT2D eigenvalue weighted by molar-refractivity contribution is -0.384. The van der Waals surface area contributed by atoms with Crippen LogP contribution in [0.4, 0.5) is 11.4 Å². The summed E-state index contributed by atoms with van der Waals surface area (Å²) in [4.78, 5) is 26.4. The van der Waals surface area contributed by atoms with Crippen LogP contribution in [0.1, 0.15) is 10.4 Å². The number of nitrogens with two attached hydrogens (primary N) is 1. The summed E-state index contributed by atoms with van der Waals surface area (Å²) in [7, 11) is 1.97. The molecule has 1 aromatic rings. The summed E-state index contributed by atoms with van der Waals surface area (Å²) in [6, 6.07) is 2.33. The Balaban J connectivity index is 2.31. The van der Waals surface area contributed by atoms with Crippen LogP contribution in [-0.4, -0.2) is 53.9 Å². The highest BCUT2D eigenvalue weighted by atomic mass is 35.5. The average molecular weight is 299 g/mol. The molecule has 0 bridgehead atoms. The number of nitro groups is 1. The number of rotatable bonds is 2. The summed E-state index contributed by atoms with van der Waals surface area (Å²) in [5, 5.41) is 10.9. The van der Waals surface area contributed by atoms with Gasteiger partial charge in [0.2, 0.25) is 0 Å². The molecule has 0 atom stereocenters. The van der Waals surface area contributed by atoms with E-state index in [0.29, 0.717) is 13.1 Å². The van der Waals surface area contributed by atoms with Crippen LogP contribution in [0.5, 0.6) is 0 Å². The van der Waals surface area contributed by atoms with Crippen molar-refractivity contribution in [2.75, 3.05) is 39.0 Å². The minimum Gasteiger partial charge on any atom is -0.397 e. The maximum atomic E-state index is 12.4. The van der Waals surface area contributed by atoms with Crippen LogP contribution in [0.15, 0.2) is 12.1 Å². The predicted molar refractivity (Wildman–Crippen MR) is 75.9 cm³/mol. The molecule has 0 aromatic heterocycles. The smallest absolute Gasteiger partial charge is 0.271 e. The monoisotopic (exact) mass is 298 g/mol. The van der Waals surface area contributed by atoms with Gasteiger partial charge in [0, 0.05) is 38.3 Å². The third kappa shape index (κ3) is 2.83. The number of nitrogens with zero attached hydrogens (tertiary/aromatic N) is 3. The molecule has 1 aromatic carbocycles. The van der Waals surface area contributed by atoms with Crippen molar-refractivity contribution in [3.8, 4) is 0 Å². The highest BCUT2D eigenvalue weighted by Gasteiger charge is 2.25. The standard InChI is InChI=1S/C12H15ClN4O3/c1-15-2-4-16(5-3-15)12(18)9-6-8(17(19)20)7-10(13)11(9)14/h6-7H,2-5,14H2,1H3. The SMILES string of the molecule is CN1CCN(C(=O)c2cc([N+](=O)[O-])cc(Cl)c2N)CC1. The number of piperazine rings is 1. The van der Waals surface area contributed by atoms with Crippen molar-refractivity contribution in [1.29, 1.82) is 0 Å². The van der Waals surface area contributed by atoms with Crippen LogP contribution in [0, 0.1) is 10.1 Å². The number of carbonyl (C=O) groups excluding carboxylic acids is 1. The van der Waals surface area contributed by atoms with Gasteiger partial charge >= 0.3 is 0 Å². The predicted octanol–water partition coefficient (Wildman–Crippen LogP) is 1.22. The van der Waals surface area contributed by atoms with Crippen molar-refractivity contribution in [3.63, 3.8) is 0 Å². The Bertz CT molecular complexity index is 556. The number of halogens is 1. The number of likely N-dealkylation sites (N-methyl/N-ethyl adjacent to an activating group) is 1. The van der Waals surface area contributed by atoms with Crippen LogP contribution in [0.3, 0.4) is 0 Å². The molecule has 7 nitrogen and oxygen atoms in total. The molecule has 0 unspecified atom stereocenters. The summed E-state index contributed by atoms with van der Waals surface area (Å²) >= 11 is 5.86. The maximum absolute atomic E-state index is 12.4. The van der Waals surface area contributed by atoms with Gasteiger partial charge in [-0.1, -0.05) is 11.6 Å². The number of non-ortho nitro benzene ring substituents is 1. The second-order valence-corrected chi connectivity index (χ2v) is 5.15. The summed E-state index contributed by atoms with van der Waals surface area (Å²) < 4.78 is 0. The number of anilines is 1. The van der Waals surface area contributed by atoms with Crippen molar-refractivity contribution >= 4 is 28.9 Å². The van der Waals surface area contributed by atoms with Crippen LogP contribution in [-0.2, 0) is 0 Å². The summed E-state index contributed by atoms with van der Waals surface area (Å²) in [6.45, 7) is 2.65. The largest absolute Gasteiger partial charge is 0.397 e. The molecule has 0 spiro atoms. The molecule has 1 fully saturated rings. The third-order valence-electron chi connectivity index (χ3n) is 3.35. The lowest BCUT2D eigenvalue weighted by atomic mass is 10.1. The Morgan fingerprint density at radius 2 is 1.95 bits per heavy atom. The van der Waals surface area contributed by atoms with Crippen LogP contribution >= 0.6 is 11.6 Å². The quantitative estimate of drug-likeness (QED) is 0.503. The first kappa shape index (κ1) is 14.5. The van der Waals surface area contributed by atoms with Crippen molar-refractivity contribution in [2.24, 2.45) is 0 Å². The second-order valence-electron chi connectivity index (χ2n) is 4.74. The second kappa shape index (κ2) is 5.64. The molecule has 1 amide bonds. The lowest BCUT2D eigenvalue weighted by Crippen LogP contribution is -2.47. The molecule has 8 heteroatoms. The maximum Gasteiger partial charge on any atom is 0.271 e. The van der Waals surface area contributed by atoms with Gasteiger partial charge in [-0.25, -0.2) is 0 Å². The van der Waals surface area contributed by atoms with Gasteiger partial charge in [0.15, 0.2) is 0 Å². The normalized spacial score (nSPS) is 16.2. The van der Waals surface area contributed by atoms with Gasteiger partial charge in [0.1, 0.15) is 0 Å². The molecule has 0 saturated carbocycles. The van der Waals surface area contributed by atoms with Crippen molar-refractivity contribution in [3.05, 3.63) is 32.8 Å². The van der Waals surface area contributed by atoms with Crippen LogP contribution in [0.25, 0.3) is 0 Å². The fourth-order valence-electron chi connectivity index (χ4n) is 2.07. The molecule has 1 aliphatic rings. The Morgan fingerprint density at radius 3 is 2.50 bits per heavy atom. The number of amides is 1. The van der Waals surface area contributed by atoms with Gasteiger partial charge in [-0.3, -0.25) is 14.9 Å². The molecule has 108 valence electrons. The van der Waals surface area contributed by atoms with Crippen molar-refractivity contribution < 1.29 is 9.72 Å². The molecule has 2 rings (SSSR count). The number of hydrogen-bond acceptors (Lipinski definition) is 5. The fraction of sp³-hybridized carbons (Fsp3) is 0.417. The fourth-order valence-corrected chi connectivity index (χ4v) is 2.28. The molecule has 1 aliphatic heterocycles. The van der Waals surface area contributed by atoms with Gasteiger partial charge in [-0.05, 0) is 7.05 Å². The van der Waals surface area contributed by atoms with E-state index in [0.717, 1.165) is 19.2 Å². The number of benzene rings is 1. The number of carbonyl (C=O) groups is 1.